The molecule has 0 saturated carbocycles. The molecule has 2 amide bonds. The molecule has 1 heterocycles. The highest BCUT2D eigenvalue weighted by Gasteiger charge is 2.36. The number of rotatable bonds is 11. The van der Waals surface area contributed by atoms with Crippen molar-refractivity contribution in [1.82, 2.24) is 10.2 Å². The largest absolute Gasteiger partial charge is 0.354 e. The third-order valence-corrected chi connectivity index (χ3v) is 7.58. The highest BCUT2D eigenvalue weighted by molar-refractivity contribution is 6.31. The van der Waals surface area contributed by atoms with E-state index in [1.54, 1.807) is 4.90 Å². The molecule has 3 rings (SSSR count). The summed E-state index contributed by atoms with van der Waals surface area (Å²) < 4.78 is 0. The molecule has 1 unspecified atom stereocenters. The third kappa shape index (κ3) is 6.64. The lowest BCUT2D eigenvalue weighted by atomic mass is 9.69. The van der Waals surface area contributed by atoms with Crippen LogP contribution in [0.3, 0.4) is 0 Å². The number of hydrogen-bond acceptors (Lipinski definition) is 3. The zero-order valence-corrected chi connectivity index (χ0v) is 21.6. The van der Waals surface area contributed by atoms with Crippen LogP contribution in [0.25, 0.3) is 0 Å². The summed E-state index contributed by atoms with van der Waals surface area (Å²) in [6, 6.07) is 19.7. The fraction of sp³-hybridized carbons (Fsp3) is 0.483. The maximum atomic E-state index is 13.0. The number of benzene rings is 2. The lowest BCUT2D eigenvalue weighted by molar-refractivity contribution is -0.138. The predicted molar refractivity (Wildman–Crippen MR) is 140 cm³/mol. The van der Waals surface area contributed by atoms with Gasteiger partial charge in [-0.2, -0.15) is 5.26 Å². The second-order valence-corrected chi connectivity index (χ2v) is 10.1. The average molecular weight is 494 g/mol. The summed E-state index contributed by atoms with van der Waals surface area (Å²) in [5.41, 5.74) is 1.48. The fourth-order valence-electron chi connectivity index (χ4n) is 5.05. The average Bonchev–Trinajstić information content (AvgIpc) is 3.36. The molecular formula is C29H36ClN3O2. The third-order valence-electron chi connectivity index (χ3n) is 7.21. The van der Waals surface area contributed by atoms with E-state index in [1.165, 1.54) is 0 Å². The van der Waals surface area contributed by atoms with E-state index in [9.17, 15) is 14.9 Å². The standard InChI is InChI=1S/C29H36ClN3O2/c1-22(2)29(21-31,24-12-4-3-5-13-24)18-9-8-16-27(34)33-20-10-15-26(33)28(35)32-19-17-23-11-6-7-14-25(23)30/h3-7,11-14,22,26H,8-10,15-20H2,1-2H3,(H,32,35)/t26-,29?/m1/s1. The van der Waals surface area contributed by atoms with E-state index in [4.69, 9.17) is 11.6 Å². The smallest absolute Gasteiger partial charge is 0.242 e. The van der Waals surface area contributed by atoms with Gasteiger partial charge >= 0.3 is 0 Å². The topological polar surface area (TPSA) is 73.2 Å². The molecule has 186 valence electrons. The normalized spacial score (nSPS) is 17.1. The maximum absolute atomic E-state index is 13.0. The molecule has 35 heavy (non-hydrogen) atoms. The quantitative estimate of drug-likeness (QED) is 0.410. The van der Waals surface area contributed by atoms with Crippen LogP contribution in [0.1, 0.15) is 63.5 Å². The number of carbonyl (C=O) groups excluding carboxylic acids is 2. The van der Waals surface area contributed by atoms with Gasteiger partial charge in [0.05, 0.1) is 11.5 Å². The molecule has 0 aromatic heterocycles. The SMILES string of the molecule is CC(C)C(C#N)(CCCCC(=O)N1CCC[C@@H]1C(=O)NCCc1ccccc1Cl)c1ccccc1. The number of unbranched alkanes of at least 4 members (excludes halogenated alkanes) is 1. The fourth-order valence-corrected chi connectivity index (χ4v) is 5.28. The molecule has 2 atom stereocenters. The van der Waals surface area contributed by atoms with Gasteiger partial charge in [-0.3, -0.25) is 9.59 Å². The van der Waals surface area contributed by atoms with Crippen molar-refractivity contribution in [2.24, 2.45) is 5.92 Å². The van der Waals surface area contributed by atoms with Gasteiger partial charge in [-0.05, 0) is 55.2 Å². The number of carbonyl (C=O) groups is 2. The number of amides is 2. The first-order chi connectivity index (χ1) is 16.9. The highest BCUT2D eigenvalue weighted by Crippen LogP contribution is 2.37. The summed E-state index contributed by atoms with van der Waals surface area (Å²) in [5, 5.41) is 13.7. The first-order valence-electron chi connectivity index (χ1n) is 12.7. The van der Waals surface area contributed by atoms with Gasteiger partial charge in [-0.15, -0.1) is 0 Å². The number of nitrogens with one attached hydrogen (secondary N) is 1. The van der Waals surface area contributed by atoms with E-state index in [1.807, 2.05) is 54.6 Å². The number of halogens is 1. The van der Waals surface area contributed by atoms with Gasteiger partial charge in [0.2, 0.25) is 11.8 Å². The van der Waals surface area contributed by atoms with E-state index >= 15 is 0 Å². The van der Waals surface area contributed by atoms with Crippen molar-refractivity contribution in [3.8, 4) is 6.07 Å². The molecule has 5 nitrogen and oxygen atoms in total. The molecule has 1 aliphatic heterocycles. The molecular weight excluding hydrogens is 458 g/mol. The molecule has 1 fully saturated rings. The molecule has 1 saturated heterocycles. The lowest BCUT2D eigenvalue weighted by Gasteiger charge is -2.31. The van der Waals surface area contributed by atoms with Gasteiger partial charge < -0.3 is 10.2 Å². The van der Waals surface area contributed by atoms with Crippen LogP contribution < -0.4 is 5.32 Å². The van der Waals surface area contributed by atoms with Crippen molar-refractivity contribution in [3.63, 3.8) is 0 Å². The second kappa shape index (κ2) is 12.7. The summed E-state index contributed by atoms with van der Waals surface area (Å²) in [6.45, 7) is 5.28. The van der Waals surface area contributed by atoms with Crippen molar-refractivity contribution >= 4 is 23.4 Å². The van der Waals surface area contributed by atoms with Crippen LogP contribution >= 0.6 is 11.6 Å². The van der Waals surface area contributed by atoms with Gasteiger partial charge in [0.1, 0.15) is 6.04 Å². The Hall–Kier alpha value is -2.84. The number of nitrogens with zero attached hydrogens (tertiary/aromatic N) is 2. The van der Waals surface area contributed by atoms with Crippen LogP contribution in [0, 0.1) is 17.2 Å². The zero-order chi connectivity index (χ0) is 25.3. The molecule has 0 aliphatic carbocycles. The molecule has 2 aromatic carbocycles. The van der Waals surface area contributed by atoms with Crippen LogP contribution in [-0.4, -0.2) is 35.8 Å². The van der Waals surface area contributed by atoms with Crippen LogP contribution in [0.15, 0.2) is 54.6 Å². The van der Waals surface area contributed by atoms with Crippen molar-refractivity contribution in [1.29, 1.82) is 5.26 Å². The first-order valence-corrected chi connectivity index (χ1v) is 13.0. The van der Waals surface area contributed by atoms with E-state index in [2.05, 4.69) is 25.2 Å². The van der Waals surface area contributed by atoms with E-state index in [0.717, 1.165) is 24.0 Å². The Kier molecular flexibility index (Phi) is 9.74. The van der Waals surface area contributed by atoms with Crippen molar-refractivity contribution in [2.45, 2.75) is 70.3 Å². The van der Waals surface area contributed by atoms with Crippen molar-refractivity contribution in [2.75, 3.05) is 13.1 Å². The maximum Gasteiger partial charge on any atom is 0.242 e. The van der Waals surface area contributed by atoms with Crippen molar-refractivity contribution in [3.05, 3.63) is 70.7 Å². The minimum atomic E-state index is -0.554. The predicted octanol–water partition coefficient (Wildman–Crippen LogP) is 5.67. The summed E-state index contributed by atoms with van der Waals surface area (Å²) in [6.07, 6.45) is 4.80. The summed E-state index contributed by atoms with van der Waals surface area (Å²) in [4.78, 5) is 27.5. The Morgan fingerprint density at radius 3 is 2.54 bits per heavy atom. The van der Waals surface area contributed by atoms with Crippen LogP contribution in [0.2, 0.25) is 5.02 Å². The Bertz CT molecular complexity index is 1030. The molecule has 2 aromatic rings. The Balaban J connectivity index is 1.48. The number of nitriles is 1. The van der Waals surface area contributed by atoms with E-state index < -0.39 is 11.5 Å². The summed E-state index contributed by atoms with van der Waals surface area (Å²) in [5.74, 6) is 0.110. The lowest BCUT2D eigenvalue weighted by Crippen LogP contribution is -2.46. The molecule has 0 spiro atoms. The zero-order valence-electron chi connectivity index (χ0n) is 20.8. The molecule has 0 bridgehead atoms. The van der Waals surface area contributed by atoms with Crippen molar-refractivity contribution < 1.29 is 9.59 Å². The number of likely N-dealkylation sites (tertiary alicyclic amines) is 1. The Morgan fingerprint density at radius 2 is 1.86 bits per heavy atom. The van der Waals surface area contributed by atoms with Gasteiger partial charge in [0, 0.05) is 24.5 Å². The molecule has 6 heteroatoms. The molecule has 1 N–H and O–H groups in total. The number of hydrogen-bond donors (Lipinski definition) is 1. The first kappa shape index (κ1) is 26.8. The Morgan fingerprint density at radius 1 is 1.14 bits per heavy atom. The minimum absolute atomic E-state index is 0.0283. The van der Waals surface area contributed by atoms with Crippen LogP contribution in [-0.2, 0) is 21.4 Å². The highest BCUT2D eigenvalue weighted by atomic mass is 35.5. The van der Waals surface area contributed by atoms with Gasteiger partial charge in [0.25, 0.3) is 0 Å². The molecule has 1 aliphatic rings. The van der Waals surface area contributed by atoms with Gasteiger partial charge in [-0.1, -0.05) is 80.4 Å². The summed E-state index contributed by atoms with van der Waals surface area (Å²) in [7, 11) is 0. The van der Waals surface area contributed by atoms with E-state index in [-0.39, 0.29) is 17.7 Å². The van der Waals surface area contributed by atoms with Crippen LogP contribution in [0.5, 0.6) is 0 Å². The van der Waals surface area contributed by atoms with E-state index in [0.29, 0.717) is 50.2 Å². The monoisotopic (exact) mass is 493 g/mol. The second-order valence-electron chi connectivity index (χ2n) is 9.69. The molecule has 0 radical (unpaired) electrons. The minimum Gasteiger partial charge on any atom is -0.354 e. The van der Waals surface area contributed by atoms with Gasteiger partial charge in [-0.25, -0.2) is 0 Å². The summed E-state index contributed by atoms with van der Waals surface area (Å²) >= 11 is 6.20. The van der Waals surface area contributed by atoms with Gasteiger partial charge in [0.15, 0.2) is 0 Å². The van der Waals surface area contributed by atoms with Crippen LogP contribution in [0.4, 0.5) is 0 Å². The Labute approximate surface area is 214 Å².